The summed E-state index contributed by atoms with van der Waals surface area (Å²) in [6.07, 6.45) is 2.16. The Morgan fingerprint density at radius 1 is 0.794 bits per heavy atom. The quantitative estimate of drug-likeness (QED) is 0.591. The molecule has 2 aliphatic rings. The third-order valence-electron chi connectivity index (χ3n) is 6.42. The minimum atomic E-state index is 0.105. The molecule has 2 aromatic carbocycles. The first-order chi connectivity index (χ1) is 16.6. The second-order valence-electron chi connectivity index (χ2n) is 8.50. The molecule has 0 saturated carbocycles. The minimum absolute atomic E-state index is 0.105. The van der Waals surface area contributed by atoms with Gasteiger partial charge < -0.3 is 24.6 Å². The van der Waals surface area contributed by atoms with Crippen LogP contribution in [-0.2, 0) is 6.42 Å². The molecule has 0 spiro atoms. The van der Waals surface area contributed by atoms with Crippen LogP contribution in [-0.4, -0.2) is 56.1 Å². The number of hydrogen-bond acceptors (Lipinski definition) is 8. The van der Waals surface area contributed by atoms with Crippen molar-refractivity contribution in [2.45, 2.75) is 19.3 Å². The summed E-state index contributed by atoms with van der Waals surface area (Å²) in [5.74, 6) is 3.01. The highest BCUT2D eigenvalue weighted by Gasteiger charge is 2.27. The lowest BCUT2D eigenvalue weighted by molar-refractivity contribution is 0.0972. The number of aryl methyl sites for hydroxylation is 1. The van der Waals surface area contributed by atoms with Crippen molar-refractivity contribution in [1.29, 1.82) is 0 Å². The van der Waals surface area contributed by atoms with Gasteiger partial charge in [-0.3, -0.25) is 4.79 Å². The molecule has 5 rings (SSSR count). The molecule has 0 radical (unpaired) electrons. The van der Waals surface area contributed by atoms with E-state index in [0.717, 1.165) is 61.9 Å². The van der Waals surface area contributed by atoms with Gasteiger partial charge in [0, 0.05) is 44.0 Å². The molecule has 8 nitrogen and oxygen atoms in total. The van der Waals surface area contributed by atoms with Crippen LogP contribution in [0, 0.1) is 0 Å². The van der Waals surface area contributed by atoms with E-state index in [-0.39, 0.29) is 5.78 Å². The molecule has 0 bridgehead atoms. The lowest BCUT2D eigenvalue weighted by Crippen LogP contribution is -2.47. The van der Waals surface area contributed by atoms with E-state index in [9.17, 15) is 4.79 Å². The highest BCUT2D eigenvalue weighted by Crippen LogP contribution is 2.31. The van der Waals surface area contributed by atoms with Gasteiger partial charge in [-0.25, -0.2) is 4.98 Å². The Morgan fingerprint density at radius 3 is 2.06 bits per heavy atom. The van der Waals surface area contributed by atoms with Crippen LogP contribution in [0.15, 0.2) is 48.5 Å². The summed E-state index contributed by atoms with van der Waals surface area (Å²) in [4.78, 5) is 27.0. The van der Waals surface area contributed by atoms with Gasteiger partial charge in [0.05, 0.1) is 25.5 Å². The number of Topliss-reactive ketones (excluding diaryl/α,β-unsaturated/α-hetero) is 1. The molecule has 34 heavy (non-hydrogen) atoms. The zero-order valence-corrected chi connectivity index (χ0v) is 19.6. The summed E-state index contributed by atoms with van der Waals surface area (Å²) < 4.78 is 10.5. The Labute approximate surface area is 199 Å². The molecule has 0 atom stereocenters. The van der Waals surface area contributed by atoms with Crippen molar-refractivity contribution < 1.29 is 14.3 Å². The third kappa shape index (κ3) is 4.48. The van der Waals surface area contributed by atoms with Gasteiger partial charge in [-0.05, 0) is 61.4 Å². The molecule has 1 aliphatic carbocycles. The molecule has 176 valence electrons. The first-order valence-electron chi connectivity index (χ1n) is 11.6. The van der Waals surface area contributed by atoms with E-state index >= 15 is 0 Å². The Hall–Kier alpha value is -3.81. The predicted octanol–water partition coefficient (Wildman–Crippen LogP) is 4.08. The number of aromatic nitrogens is 2. The summed E-state index contributed by atoms with van der Waals surface area (Å²) >= 11 is 0. The largest absolute Gasteiger partial charge is 0.497 e. The Kier molecular flexibility index (Phi) is 6.20. The van der Waals surface area contributed by atoms with Crippen LogP contribution in [0.5, 0.6) is 11.5 Å². The Balaban J connectivity index is 1.37. The molecule has 0 unspecified atom stereocenters. The fourth-order valence-corrected chi connectivity index (χ4v) is 4.51. The number of ketones is 1. The fourth-order valence-electron chi connectivity index (χ4n) is 4.51. The van der Waals surface area contributed by atoms with E-state index in [1.54, 1.807) is 14.2 Å². The van der Waals surface area contributed by atoms with Gasteiger partial charge in [-0.15, -0.1) is 0 Å². The average molecular weight is 460 g/mol. The first-order valence-corrected chi connectivity index (χ1v) is 11.6. The average Bonchev–Trinajstić information content (AvgIpc) is 2.89. The van der Waals surface area contributed by atoms with Crippen LogP contribution in [0.25, 0.3) is 0 Å². The van der Waals surface area contributed by atoms with Crippen LogP contribution in [0.2, 0.25) is 0 Å². The molecule has 1 aromatic heterocycles. The van der Waals surface area contributed by atoms with Crippen molar-refractivity contribution in [2.75, 3.05) is 55.5 Å². The summed E-state index contributed by atoms with van der Waals surface area (Å²) in [5, 5.41) is 3.36. The van der Waals surface area contributed by atoms with Crippen molar-refractivity contribution in [3.05, 3.63) is 59.8 Å². The number of carbonyl (C=O) groups excluding carboxylic acids is 1. The zero-order valence-electron chi connectivity index (χ0n) is 19.6. The number of nitrogens with zero attached hydrogens (tertiary/aromatic N) is 4. The smallest absolute Gasteiger partial charge is 0.227 e. The van der Waals surface area contributed by atoms with E-state index in [0.29, 0.717) is 23.8 Å². The second-order valence-corrected chi connectivity index (χ2v) is 8.50. The van der Waals surface area contributed by atoms with Crippen LogP contribution in [0.3, 0.4) is 0 Å². The zero-order chi connectivity index (χ0) is 23.5. The maximum absolute atomic E-state index is 12.8. The second kappa shape index (κ2) is 9.59. The lowest BCUT2D eigenvalue weighted by Gasteiger charge is -2.36. The van der Waals surface area contributed by atoms with E-state index in [2.05, 4.69) is 27.2 Å². The SMILES string of the molecule is COc1ccc(Nc2nc(N3CCN(c4ccc(OC)cc4)CC3)nc3c2C(=O)CCC3)cc1. The van der Waals surface area contributed by atoms with Crippen LogP contribution < -0.4 is 24.6 Å². The monoisotopic (exact) mass is 459 g/mol. The Bertz CT molecular complexity index is 1160. The topological polar surface area (TPSA) is 79.8 Å². The van der Waals surface area contributed by atoms with Crippen molar-refractivity contribution in [3.8, 4) is 11.5 Å². The number of methoxy groups -OCH3 is 2. The van der Waals surface area contributed by atoms with Gasteiger partial charge in [0.2, 0.25) is 5.95 Å². The van der Waals surface area contributed by atoms with Gasteiger partial charge in [-0.1, -0.05) is 0 Å². The van der Waals surface area contributed by atoms with E-state index < -0.39 is 0 Å². The number of rotatable bonds is 6. The summed E-state index contributed by atoms with van der Waals surface area (Å²) in [5.41, 5.74) is 3.51. The fraction of sp³-hybridized carbons (Fsp3) is 0.346. The van der Waals surface area contributed by atoms with Gasteiger partial charge in [0.15, 0.2) is 5.78 Å². The number of fused-ring (bicyclic) bond motifs is 1. The van der Waals surface area contributed by atoms with Gasteiger partial charge >= 0.3 is 0 Å². The number of piperazine rings is 1. The Morgan fingerprint density at radius 2 is 1.41 bits per heavy atom. The van der Waals surface area contributed by atoms with E-state index in [4.69, 9.17) is 19.4 Å². The first kappa shape index (κ1) is 22.0. The maximum atomic E-state index is 12.8. The molecule has 1 fully saturated rings. The van der Waals surface area contributed by atoms with Crippen molar-refractivity contribution >= 4 is 28.9 Å². The molecule has 0 amide bonds. The lowest BCUT2D eigenvalue weighted by atomic mass is 9.95. The predicted molar refractivity (Wildman–Crippen MR) is 133 cm³/mol. The molecule has 1 aliphatic heterocycles. The molecule has 1 saturated heterocycles. The number of nitrogens with one attached hydrogen (secondary N) is 1. The standard InChI is InChI=1S/C26H29N5O3/c1-33-20-10-6-18(7-11-20)27-25-24-22(4-3-5-23(24)32)28-26(29-25)31-16-14-30(15-17-31)19-8-12-21(34-2)13-9-19/h6-13H,3-5,14-17H2,1-2H3,(H,27,28,29). The number of anilines is 4. The minimum Gasteiger partial charge on any atom is -0.497 e. The number of hydrogen-bond donors (Lipinski definition) is 1. The van der Waals surface area contributed by atoms with Crippen molar-refractivity contribution in [2.24, 2.45) is 0 Å². The van der Waals surface area contributed by atoms with Crippen LogP contribution in [0.4, 0.5) is 23.1 Å². The highest BCUT2D eigenvalue weighted by molar-refractivity contribution is 6.03. The third-order valence-corrected chi connectivity index (χ3v) is 6.42. The van der Waals surface area contributed by atoms with Crippen LogP contribution >= 0.6 is 0 Å². The van der Waals surface area contributed by atoms with Crippen molar-refractivity contribution in [3.63, 3.8) is 0 Å². The van der Waals surface area contributed by atoms with E-state index in [1.165, 1.54) is 5.69 Å². The van der Waals surface area contributed by atoms with Gasteiger partial charge in [0.25, 0.3) is 0 Å². The van der Waals surface area contributed by atoms with Crippen molar-refractivity contribution in [1.82, 2.24) is 9.97 Å². The molecule has 8 heteroatoms. The normalized spacial score (nSPS) is 15.6. The summed E-state index contributed by atoms with van der Waals surface area (Å²) in [7, 11) is 3.32. The summed E-state index contributed by atoms with van der Waals surface area (Å²) in [6.45, 7) is 3.35. The number of carbonyl (C=O) groups is 1. The number of ether oxygens (including phenoxy) is 2. The molecular formula is C26H29N5O3. The highest BCUT2D eigenvalue weighted by atomic mass is 16.5. The molecule has 3 aromatic rings. The van der Waals surface area contributed by atoms with Crippen LogP contribution in [0.1, 0.15) is 28.9 Å². The van der Waals surface area contributed by atoms with Gasteiger partial charge in [0.1, 0.15) is 17.3 Å². The van der Waals surface area contributed by atoms with E-state index in [1.807, 2.05) is 36.4 Å². The molecule has 2 heterocycles. The molecular weight excluding hydrogens is 430 g/mol. The van der Waals surface area contributed by atoms with Gasteiger partial charge in [-0.2, -0.15) is 4.98 Å². The number of benzene rings is 2. The molecule has 1 N–H and O–H groups in total. The maximum Gasteiger partial charge on any atom is 0.227 e. The summed E-state index contributed by atoms with van der Waals surface area (Å²) in [6, 6.07) is 15.8.